The summed E-state index contributed by atoms with van der Waals surface area (Å²) in [6.45, 7) is 0. The Morgan fingerprint density at radius 3 is 2.95 bits per heavy atom. The van der Waals surface area contributed by atoms with E-state index in [4.69, 9.17) is 4.74 Å². The molecule has 1 aromatic carbocycles. The lowest BCUT2D eigenvalue weighted by atomic mass is 9.94. The van der Waals surface area contributed by atoms with Crippen LogP contribution in [0.2, 0.25) is 0 Å². The van der Waals surface area contributed by atoms with Crippen LogP contribution in [0.25, 0.3) is 0 Å². The number of carbonyl (C=O) groups excluding carboxylic acids is 1. The number of rotatable bonds is 5. The number of thioether (sulfide) groups is 1. The minimum atomic E-state index is 0.0984. The quantitative estimate of drug-likeness (QED) is 0.907. The molecule has 0 radical (unpaired) electrons. The highest BCUT2D eigenvalue weighted by Gasteiger charge is 2.22. The third-order valence-electron chi connectivity index (χ3n) is 3.87. The van der Waals surface area contributed by atoms with Crippen LogP contribution in [0.5, 0.6) is 5.75 Å². The Balaban J connectivity index is 1.89. The first-order valence-electron chi connectivity index (χ1n) is 7.17. The zero-order chi connectivity index (χ0) is 14.4. The van der Waals surface area contributed by atoms with Crippen LogP contribution in [0.4, 0.5) is 0 Å². The first kappa shape index (κ1) is 15.2. The maximum Gasteiger partial charge on any atom is 0.224 e. The Kier molecular flexibility index (Phi) is 5.77. The van der Waals surface area contributed by atoms with Gasteiger partial charge < -0.3 is 10.1 Å². The second kappa shape index (κ2) is 7.58. The summed E-state index contributed by atoms with van der Waals surface area (Å²) >= 11 is 1.92. The Morgan fingerprint density at radius 1 is 1.40 bits per heavy atom. The van der Waals surface area contributed by atoms with Crippen LogP contribution in [-0.4, -0.2) is 30.6 Å². The van der Waals surface area contributed by atoms with Gasteiger partial charge in [0.2, 0.25) is 5.91 Å². The molecule has 0 aliphatic heterocycles. The number of ether oxygens (including phenoxy) is 1. The van der Waals surface area contributed by atoms with E-state index in [9.17, 15) is 4.79 Å². The molecule has 20 heavy (non-hydrogen) atoms. The van der Waals surface area contributed by atoms with Crippen LogP contribution in [0.15, 0.2) is 24.3 Å². The highest BCUT2D eigenvalue weighted by molar-refractivity contribution is 7.99. The molecule has 1 fully saturated rings. The highest BCUT2D eigenvalue weighted by Crippen LogP contribution is 2.27. The van der Waals surface area contributed by atoms with Gasteiger partial charge in [-0.2, -0.15) is 11.8 Å². The van der Waals surface area contributed by atoms with Crippen LogP contribution >= 0.6 is 11.8 Å². The number of hydrogen-bond acceptors (Lipinski definition) is 3. The third-order valence-corrected chi connectivity index (χ3v) is 4.96. The van der Waals surface area contributed by atoms with Crippen molar-refractivity contribution >= 4 is 17.7 Å². The van der Waals surface area contributed by atoms with E-state index in [0.717, 1.165) is 24.2 Å². The largest absolute Gasteiger partial charge is 0.496 e. The van der Waals surface area contributed by atoms with Gasteiger partial charge in [-0.15, -0.1) is 0 Å². The van der Waals surface area contributed by atoms with Crippen LogP contribution < -0.4 is 10.1 Å². The number of para-hydroxylation sites is 1. The Hall–Kier alpha value is -1.16. The molecule has 1 aliphatic rings. The summed E-state index contributed by atoms with van der Waals surface area (Å²) in [5, 5.41) is 3.87. The Bertz CT molecular complexity index is 450. The third kappa shape index (κ3) is 4.17. The van der Waals surface area contributed by atoms with Gasteiger partial charge in [0, 0.05) is 16.9 Å². The van der Waals surface area contributed by atoms with Crippen LogP contribution in [0, 0.1) is 0 Å². The zero-order valence-electron chi connectivity index (χ0n) is 12.2. The van der Waals surface area contributed by atoms with Crippen molar-refractivity contribution in [2.45, 2.75) is 43.4 Å². The normalized spacial score (nSPS) is 22.3. The maximum atomic E-state index is 12.2. The van der Waals surface area contributed by atoms with Gasteiger partial charge in [0.15, 0.2) is 0 Å². The van der Waals surface area contributed by atoms with Gasteiger partial charge in [-0.3, -0.25) is 4.79 Å². The van der Waals surface area contributed by atoms with Gasteiger partial charge in [-0.05, 0) is 31.6 Å². The van der Waals surface area contributed by atoms with E-state index >= 15 is 0 Å². The number of nitrogens with one attached hydrogen (secondary N) is 1. The maximum absolute atomic E-state index is 12.2. The lowest BCUT2D eigenvalue weighted by molar-refractivity contribution is -0.121. The van der Waals surface area contributed by atoms with Gasteiger partial charge >= 0.3 is 0 Å². The molecule has 0 heterocycles. The molecule has 2 rings (SSSR count). The molecule has 1 N–H and O–H groups in total. The molecule has 3 nitrogen and oxygen atoms in total. The average Bonchev–Trinajstić information content (AvgIpc) is 2.48. The summed E-state index contributed by atoms with van der Waals surface area (Å²) in [5.41, 5.74) is 0.949. The minimum Gasteiger partial charge on any atom is -0.496 e. The molecule has 0 saturated heterocycles. The predicted molar refractivity (Wildman–Crippen MR) is 84.4 cm³/mol. The molecule has 0 unspecified atom stereocenters. The summed E-state index contributed by atoms with van der Waals surface area (Å²) in [5.74, 6) is 0.884. The molecular weight excluding hydrogens is 270 g/mol. The second-order valence-electron chi connectivity index (χ2n) is 5.28. The molecule has 1 aliphatic carbocycles. The Morgan fingerprint density at radius 2 is 2.20 bits per heavy atom. The monoisotopic (exact) mass is 293 g/mol. The molecule has 1 amide bonds. The summed E-state index contributed by atoms with van der Waals surface area (Å²) in [6.07, 6.45) is 7.24. The van der Waals surface area contributed by atoms with E-state index in [-0.39, 0.29) is 5.91 Å². The first-order chi connectivity index (χ1) is 9.72. The van der Waals surface area contributed by atoms with Gasteiger partial charge in [0.1, 0.15) is 5.75 Å². The van der Waals surface area contributed by atoms with Crippen molar-refractivity contribution in [3.63, 3.8) is 0 Å². The van der Waals surface area contributed by atoms with Crippen molar-refractivity contribution in [1.82, 2.24) is 5.32 Å². The van der Waals surface area contributed by atoms with Crippen molar-refractivity contribution in [3.05, 3.63) is 29.8 Å². The standard InChI is InChI=1S/C16H23NO2S/c1-19-15-9-4-3-6-12(15)10-16(18)17-13-7-5-8-14(11-13)20-2/h3-4,6,9,13-14H,5,7-8,10-11H2,1-2H3,(H,17,18)/t13-,14+/m0/s1. The van der Waals surface area contributed by atoms with Crippen LogP contribution in [0.1, 0.15) is 31.2 Å². The lowest BCUT2D eigenvalue weighted by Crippen LogP contribution is -2.39. The molecule has 4 heteroatoms. The van der Waals surface area contributed by atoms with Crippen molar-refractivity contribution in [3.8, 4) is 5.75 Å². The smallest absolute Gasteiger partial charge is 0.224 e. The lowest BCUT2D eigenvalue weighted by Gasteiger charge is -2.28. The van der Waals surface area contributed by atoms with E-state index in [2.05, 4.69) is 11.6 Å². The van der Waals surface area contributed by atoms with Gasteiger partial charge in [0.05, 0.1) is 13.5 Å². The molecule has 0 spiro atoms. The second-order valence-corrected chi connectivity index (χ2v) is 6.42. The fourth-order valence-corrected chi connectivity index (χ4v) is 3.62. The van der Waals surface area contributed by atoms with Gasteiger partial charge in [-0.1, -0.05) is 24.6 Å². The molecule has 1 saturated carbocycles. The van der Waals surface area contributed by atoms with Crippen molar-refractivity contribution in [2.75, 3.05) is 13.4 Å². The van der Waals surface area contributed by atoms with Gasteiger partial charge in [0.25, 0.3) is 0 Å². The fourth-order valence-electron chi connectivity index (χ4n) is 2.79. The summed E-state index contributed by atoms with van der Waals surface area (Å²) in [7, 11) is 1.64. The zero-order valence-corrected chi connectivity index (χ0v) is 13.0. The van der Waals surface area contributed by atoms with E-state index in [0.29, 0.717) is 17.7 Å². The highest BCUT2D eigenvalue weighted by atomic mass is 32.2. The van der Waals surface area contributed by atoms with Crippen molar-refractivity contribution in [1.29, 1.82) is 0 Å². The molecule has 1 aromatic rings. The summed E-state index contributed by atoms with van der Waals surface area (Å²) in [4.78, 5) is 12.2. The van der Waals surface area contributed by atoms with E-state index in [1.54, 1.807) is 7.11 Å². The number of hydrogen-bond donors (Lipinski definition) is 1. The number of amides is 1. The molecule has 2 atom stereocenters. The van der Waals surface area contributed by atoms with Crippen molar-refractivity contribution in [2.24, 2.45) is 0 Å². The molecular formula is C16H23NO2S. The van der Waals surface area contributed by atoms with Crippen LogP contribution in [-0.2, 0) is 11.2 Å². The molecule has 0 aromatic heterocycles. The molecule has 0 bridgehead atoms. The van der Waals surface area contributed by atoms with Crippen LogP contribution in [0.3, 0.4) is 0 Å². The predicted octanol–water partition coefficient (Wildman–Crippen LogP) is 3.03. The number of benzene rings is 1. The summed E-state index contributed by atoms with van der Waals surface area (Å²) in [6, 6.07) is 8.04. The van der Waals surface area contributed by atoms with E-state index in [1.165, 1.54) is 12.8 Å². The molecule has 110 valence electrons. The SMILES string of the molecule is COc1ccccc1CC(=O)N[C@H]1CCC[C@@H](SC)C1. The van der Waals surface area contributed by atoms with Gasteiger partial charge in [-0.25, -0.2) is 0 Å². The minimum absolute atomic E-state index is 0.0984. The Labute approximate surface area is 125 Å². The summed E-state index contributed by atoms with van der Waals surface area (Å²) < 4.78 is 5.29. The van der Waals surface area contributed by atoms with Crippen molar-refractivity contribution < 1.29 is 9.53 Å². The fraction of sp³-hybridized carbons (Fsp3) is 0.562. The topological polar surface area (TPSA) is 38.3 Å². The first-order valence-corrected chi connectivity index (χ1v) is 8.45. The number of carbonyl (C=O) groups is 1. The average molecular weight is 293 g/mol. The van der Waals surface area contributed by atoms with E-state index in [1.807, 2.05) is 36.0 Å². The van der Waals surface area contributed by atoms with E-state index < -0.39 is 0 Å². The number of methoxy groups -OCH3 is 1.